The van der Waals surface area contributed by atoms with Crippen molar-refractivity contribution in [2.75, 3.05) is 6.54 Å². The van der Waals surface area contributed by atoms with E-state index in [0.29, 0.717) is 5.56 Å². The third-order valence-electron chi connectivity index (χ3n) is 6.28. The van der Waals surface area contributed by atoms with Crippen LogP contribution in [0.1, 0.15) is 35.6 Å². The Morgan fingerprint density at radius 1 is 1.11 bits per heavy atom. The number of aromatic nitrogens is 1. The molecular weight excluding hydrogens is 481 g/mol. The zero-order valence-corrected chi connectivity index (χ0v) is 19.6. The summed E-state index contributed by atoms with van der Waals surface area (Å²) < 4.78 is 69.1. The van der Waals surface area contributed by atoms with Gasteiger partial charge >= 0.3 is 12.1 Å². The van der Waals surface area contributed by atoms with Crippen molar-refractivity contribution < 1.29 is 31.5 Å². The summed E-state index contributed by atoms with van der Waals surface area (Å²) in [6.45, 7) is 1.66. The number of alkyl halides is 3. The first kappa shape index (κ1) is 24.9. The highest BCUT2D eigenvalue weighted by Gasteiger charge is 2.44. The molecule has 0 bridgehead atoms. The fourth-order valence-electron chi connectivity index (χ4n) is 4.52. The number of benzene rings is 2. The van der Waals surface area contributed by atoms with Gasteiger partial charge in [0, 0.05) is 18.9 Å². The Bertz CT molecular complexity index is 1360. The van der Waals surface area contributed by atoms with Crippen molar-refractivity contribution in [3.63, 3.8) is 0 Å². The molecule has 1 unspecified atom stereocenters. The average Bonchev–Trinajstić information content (AvgIpc) is 2.83. The lowest BCUT2D eigenvalue weighted by molar-refractivity contribution is -0.143. The van der Waals surface area contributed by atoms with E-state index in [9.17, 15) is 31.5 Å². The molecule has 6 nitrogen and oxygen atoms in total. The summed E-state index contributed by atoms with van der Waals surface area (Å²) in [5.74, 6) is -1.89. The molecule has 2 aromatic carbocycles. The molecule has 1 fully saturated rings. The normalized spacial score (nSPS) is 19.4. The lowest BCUT2D eigenvalue weighted by atomic mass is 9.87. The summed E-state index contributed by atoms with van der Waals surface area (Å²) >= 11 is 0. The van der Waals surface area contributed by atoms with Crippen molar-refractivity contribution in [1.29, 1.82) is 0 Å². The van der Waals surface area contributed by atoms with Gasteiger partial charge in [-0.05, 0) is 66.3 Å². The lowest BCUT2D eigenvalue weighted by Crippen LogP contribution is -2.43. The highest BCUT2D eigenvalue weighted by molar-refractivity contribution is 7.89. The van der Waals surface area contributed by atoms with Crippen LogP contribution in [0.5, 0.6) is 0 Å². The molecular formula is C25H23F3N2O4S. The molecule has 1 aliphatic rings. The number of halogens is 3. The molecule has 10 heteroatoms. The summed E-state index contributed by atoms with van der Waals surface area (Å²) in [4.78, 5) is 15.0. The molecule has 3 aromatic rings. The third kappa shape index (κ3) is 4.94. The Labute approximate surface area is 201 Å². The van der Waals surface area contributed by atoms with Crippen LogP contribution in [0.3, 0.4) is 0 Å². The van der Waals surface area contributed by atoms with Crippen LogP contribution in [0.2, 0.25) is 0 Å². The number of hydrogen-bond donors (Lipinski definition) is 1. The van der Waals surface area contributed by atoms with Gasteiger partial charge in [-0.15, -0.1) is 0 Å². The van der Waals surface area contributed by atoms with Crippen LogP contribution in [0, 0.1) is 12.8 Å². The maximum atomic E-state index is 13.6. The van der Waals surface area contributed by atoms with E-state index in [4.69, 9.17) is 0 Å². The molecule has 1 aliphatic heterocycles. The Morgan fingerprint density at radius 2 is 1.86 bits per heavy atom. The Hall–Kier alpha value is -3.24. The molecule has 1 aromatic heterocycles. The van der Waals surface area contributed by atoms with Gasteiger partial charge in [0.1, 0.15) is 0 Å². The summed E-state index contributed by atoms with van der Waals surface area (Å²) in [6, 6.07) is 11.9. The monoisotopic (exact) mass is 504 g/mol. The highest BCUT2D eigenvalue weighted by Crippen LogP contribution is 2.42. The Kier molecular flexibility index (Phi) is 6.70. The summed E-state index contributed by atoms with van der Waals surface area (Å²) in [5.41, 5.74) is 1.79. The van der Waals surface area contributed by atoms with Crippen molar-refractivity contribution >= 4 is 16.0 Å². The summed E-state index contributed by atoms with van der Waals surface area (Å²) in [6.07, 6.45) is -1.60. The number of piperidine rings is 1. The standard InChI is InChI=1S/C25H23F3N2O4S/c1-16-15-29-11-9-20(16)17-5-4-6-18(13-17)22-14-19(24(31)32)10-12-30(22)35(33,34)23-8-3-2-7-21(23)25(26,27)28/h2-9,11,13,15,19,22H,10,12,14H2,1H3,(H,31,32)/t19?,22-/m0/s1. The van der Waals surface area contributed by atoms with Gasteiger partial charge in [0.05, 0.1) is 22.4 Å². The fourth-order valence-corrected chi connectivity index (χ4v) is 6.37. The average molecular weight is 505 g/mol. The first-order chi connectivity index (χ1) is 16.5. The van der Waals surface area contributed by atoms with E-state index in [0.717, 1.165) is 39.2 Å². The second-order valence-electron chi connectivity index (χ2n) is 8.50. The van der Waals surface area contributed by atoms with Gasteiger partial charge in [-0.25, -0.2) is 8.42 Å². The van der Waals surface area contributed by atoms with Gasteiger partial charge < -0.3 is 5.11 Å². The SMILES string of the molecule is Cc1cnccc1-c1cccc([C@@H]2CC(C(=O)O)CCN2S(=O)(=O)c2ccccc2C(F)(F)F)c1. The molecule has 0 spiro atoms. The molecule has 184 valence electrons. The number of pyridine rings is 1. The van der Waals surface area contributed by atoms with Crippen LogP contribution >= 0.6 is 0 Å². The smallest absolute Gasteiger partial charge is 0.417 e. The molecule has 4 rings (SSSR count). The Balaban J connectivity index is 1.82. The predicted octanol–water partition coefficient (Wildman–Crippen LogP) is 5.30. The van der Waals surface area contributed by atoms with Crippen LogP contribution in [0.25, 0.3) is 11.1 Å². The van der Waals surface area contributed by atoms with Crippen molar-refractivity contribution in [1.82, 2.24) is 9.29 Å². The molecule has 2 atom stereocenters. The van der Waals surface area contributed by atoms with E-state index in [1.54, 1.807) is 30.6 Å². The first-order valence-corrected chi connectivity index (χ1v) is 12.4. The number of aryl methyl sites for hydroxylation is 1. The minimum Gasteiger partial charge on any atom is -0.481 e. The predicted molar refractivity (Wildman–Crippen MR) is 123 cm³/mol. The first-order valence-electron chi connectivity index (χ1n) is 10.9. The van der Waals surface area contributed by atoms with Gasteiger partial charge in [-0.2, -0.15) is 17.5 Å². The highest BCUT2D eigenvalue weighted by atomic mass is 32.2. The minimum absolute atomic E-state index is 0.00238. The molecule has 1 saturated heterocycles. The number of carboxylic acid groups (broad SMARTS) is 1. The molecule has 2 heterocycles. The second-order valence-corrected chi connectivity index (χ2v) is 10.4. The third-order valence-corrected chi connectivity index (χ3v) is 8.25. The number of sulfonamides is 1. The number of hydrogen-bond acceptors (Lipinski definition) is 4. The lowest BCUT2D eigenvalue weighted by Gasteiger charge is -2.38. The van der Waals surface area contributed by atoms with Gasteiger partial charge in [0.2, 0.25) is 10.0 Å². The van der Waals surface area contributed by atoms with Crippen molar-refractivity contribution in [2.24, 2.45) is 5.92 Å². The number of carboxylic acids is 1. The molecule has 0 aliphatic carbocycles. The largest absolute Gasteiger partial charge is 0.481 e. The number of nitrogens with zero attached hydrogens (tertiary/aromatic N) is 2. The number of carbonyl (C=O) groups is 1. The molecule has 1 N–H and O–H groups in total. The second kappa shape index (κ2) is 9.43. The maximum absolute atomic E-state index is 13.6. The molecule has 0 amide bonds. The topological polar surface area (TPSA) is 87.6 Å². The van der Waals surface area contributed by atoms with Crippen molar-refractivity contribution in [2.45, 2.75) is 36.9 Å². The van der Waals surface area contributed by atoms with Crippen LogP contribution in [0.4, 0.5) is 13.2 Å². The van der Waals surface area contributed by atoms with E-state index >= 15 is 0 Å². The quantitative estimate of drug-likeness (QED) is 0.509. The molecule has 0 radical (unpaired) electrons. The van der Waals surface area contributed by atoms with E-state index in [1.165, 1.54) is 6.07 Å². The molecule has 35 heavy (non-hydrogen) atoms. The summed E-state index contributed by atoms with van der Waals surface area (Å²) in [5, 5.41) is 9.61. The molecule has 0 saturated carbocycles. The van der Waals surface area contributed by atoms with Gasteiger partial charge in [0.25, 0.3) is 0 Å². The minimum atomic E-state index is -4.86. The fraction of sp³-hybridized carbons (Fsp3) is 0.280. The number of rotatable bonds is 5. The van der Waals surface area contributed by atoms with Crippen LogP contribution < -0.4 is 0 Å². The van der Waals surface area contributed by atoms with E-state index in [-0.39, 0.29) is 19.4 Å². The van der Waals surface area contributed by atoms with Gasteiger partial charge in [-0.3, -0.25) is 9.78 Å². The van der Waals surface area contributed by atoms with Crippen LogP contribution in [-0.2, 0) is 21.0 Å². The zero-order valence-electron chi connectivity index (χ0n) is 18.7. The van der Waals surface area contributed by atoms with Gasteiger partial charge in [0.15, 0.2) is 0 Å². The van der Waals surface area contributed by atoms with Gasteiger partial charge in [-0.1, -0.05) is 30.3 Å². The van der Waals surface area contributed by atoms with E-state index in [1.807, 2.05) is 19.1 Å². The number of aliphatic carboxylic acids is 1. The Morgan fingerprint density at radius 3 is 2.54 bits per heavy atom. The maximum Gasteiger partial charge on any atom is 0.417 e. The summed E-state index contributed by atoms with van der Waals surface area (Å²) in [7, 11) is -4.60. The van der Waals surface area contributed by atoms with Crippen molar-refractivity contribution in [3.8, 4) is 11.1 Å². The van der Waals surface area contributed by atoms with Crippen molar-refractivity contribution in [3.05, 3.63) is 83.7 Å². The van der Waals surface area contributed by atoms with Crippen LogP contribution in [0.15, 0.2) is 71.9 Å². The van der Waals surface area contributed by atoms with E-state index < -0.39 is 44.6 Å². The van der Waals surface area contributed by atoms with E-state index in [2.05, 4.69) is 4.98 Å². The zero-order chi connectivity index (χ0) is 25.4. The van der Waals surface area contributed by atoms with Crippen LogP contribution in [-0.4, -0.2) is 35.3 Å².